The number of nitrogens with two attached hydrogens (primary N) is 1. The lowest BCUT2D eigenvalue weighted by molar-refractivity contribution is 0.323. The van der Waals surface area contributed by atoms with Gasteiger partial charge in [0.05, 0.1) is 12.3 Å². The van der Waals surface area contributed by atoms with Crippen molar-refractivity contribution >= 4 is 21.6 Å². The Morgan fingerprint density at radius 1 is 1.20 bits per heavy atom. The Morgan fingerprint density at radius 2 is 1.85 bits per heavy atom. The van der Waals surface area contributed by atoms with Gasteiger partial charge < -0.3 is 15.2 Å². The summed E-state index contributed by atoms with van der Waals surface area (Å²) in [4.78, 5) is 4.26. The van der Waals surface area contributed by atoms with Crippen molar-refractivity contribution < 1.29 is 9.47 Å². The number of pyridine rings is 1. The van der Waals surface area contributed by atoms with E-state index in [4.69, 9.17) is 15.2 Å². The van der Waals surface area contributed by atoms with Gasteiger partial charge in [0.15, 0.2) is 0 Å². The molecule has 0 atom stereocenters. The van der Waals surface area contributed by atoms with E-state index in [1.165, 1.54) is 0 Å². The Balaban J connectivity index is 2.28. The molecule has 2 N–H and O–H groups in total. The second-order valence-corrected chi connectivity index (χ2v) is 5.24. The third-order valence-electron chi connectivity index (χ3n) is 2.78. The van der Waals surface area contributed by atoms with Gasteiger partial charge in [-0.05, 0) is 50.1 Å². The minimum atomic E-state index is 0.399. The zero-order chi connectivity index (χ0) is 14.7. The SMILES string of the molecule is CCOc1nc(Oc2cc(C)c(Br)c(C)c2)ccc1N. The molecule has 0 aliphatic heterocycles. The number of benzene rings is 1. The zero-order valence-corrected chi connectivity index (χ0v) is 13.3. The van der Waals surface area contributed by atoms with Crippen LogP contribution in [-0.4, -0.2) is 11.6 Å². The molecule has 4 nitrogen and oxygen atoms in total. The van der Waals surface area contributed by atoms with E-state index in [0.29, 0.717) is 24.1 Å². The smallest absolute Gasteiger partial charge is 0.240 e. The predicted octanol–water partition coefficient (Wildman–Crippen LogP) is 4.23. The maximum absolute atomic E-state index is 5.79. The minimum Gasteiger partial charge on any atom is -0.476 e. The van der Waals surface area contributed by atoms with Crippen molar-refractivity contribution in [2.24, 2.45) is 0 Å². The molecule has 0 bridgehead atoms. The quantitative estimate of drug-likeness (QED) is 0.907. The van der Waals surface area contributed by atoms with E-state index in [0.717, 1.165) is 21.3 Å². The van der Waals surface area contributed by atoms with Crippen molar-refractivity contribution in [3.05, 3.63) is 39.9 Å². The molecule has 0 fully saturated rings. The first-order valence-corrected chi connectivity index (χ1v) is 7.14. The summed E-state index contributed by atoms with van der Waals surface area (Å²) in [6.45, 7) is 6.44. The second kappa shape index (κ2) is 6.13. The van der Waals surface area contributed by atoms with E-state index in [-0.39, 0.29) is 0 Å². The van der Waals surface area contributed by atoms with E-state index >= 15 is 0 Å². The van der Waals surface area contributed by atoms with Gasteiger partial charge in [-0.1, -0.05) is 15.9 Å². The average molecular weight is 337 g/mol. The predicted molar refractivity (Wildman–Crippen MR) is 83.5 cm³/mol. The van der Waals surface area contributed by atoms with E-state index in [9.17, 15) is 0 Å². The van der Waals surface area contributed by atoms with E-state index in [1.54, 1.807) is 12.1 Å². The van der Waals surface area contributed by atoms with E-state index < -0.39 is 0 Å². The molecule has 1 aromatic carbocycles. The molecule has 0 unspecified atom stereocenters. The largest absolute Gasteiger partial charge is 0.476 e. The van der Waals surface area contributed by atoms with Gasteiger partial charge in [0.2, 0.25) is 11.8 Å². The van der Waals surface area contributed by atoms with E-state index in [1.807, 2.05) is 32.9 Å². The highest BCUT2D eigenvalue weighted by atomic mass is 79.9. The molecule has 0 spiro atoms. The lowest BCUT2D eigenvalue weighted by Crippen LogP contribution is -2.00. The molecule has 5 heteroatoms. The van der Waals surface area contributed by atoms with Crippen molar-refractivity contribution in [1.82, 2.24) is 4.98 Å². The molecule has 2 rings (SSSR count). The fourth-order valence-electron chi connectivity index (χ4n) is 1.83. The molecule has 1 aromatic heterocycles. The second-order valence-electron chi connectivity index (χ2n) is 4.45. The van der Waals surface area contributed by atoms with Crippen LogP contribution in [0.3, 0.4) is 0 Å². The number of ether oxygens (including phenoxy) is 2. The van der Waals surface area contributed by atoms with Crippen LogP contribution in [-0.2, 0) is 0 Å². The summed E-state index contributed by atoms with van der Waals surface area (Å²) in [7, 11) is 0. The van der Waals surface area contributed by atoms with Crippen molar-refractivity contribution in [2.75, 3.05) is 12.3 Å². The fourth-order valence-corrected chi connectivity index (χ4v) is 2.06. The first-order chi connectivity index (χ1) is 9.51. The molecule has 0 aliphatic carbocycles. The summed E-state index contributed by atoms with van der Waals surface area (Å²) >= 11 is 3.53. The van der Waals surface area contributed by atoms with Crippen molar-refractivity contribution in [3.8, 4) is 17.5 Å². The first kappa shape index (κ1) is 14.7. The van der Waals surface area contributed by atoms with Gasteiger partial charge in [-0.3, -0.25) is 0 Å². The van der Waals surface area contributed by atoms with Gasteiger partial charge in [0.1, 0.15) is 5.75 Å². The molecule has 106 valence electrons. The van der Waals surface area contributed by atoms with Crippen molar-refractivity contribution in [3.63, 3.8) is 0 Å². The van der Waals surface area contributed by atoms with Crippen LogP contribution in [0.1, 0.15) is 18.1 Å². The molecular formula is C15H17BrN2O2. The van der Waals surface area contributed by atoms with Crippen LogP contribution in [0.25, 0.3) is 0 Å². The number of halogens is 1. The van der Waals surface area contributed by atoms with Crippen LogP contribution < -0.4 is 15.2 Å². The van der Waals surface area contributed by atoms with Gasteiger partial charge in [-0.15, -0.1) is 0 Å². The monoisotopic (exact) mass is 336 g/mol. The van der Waals surface area contributed by atoms with Crippen LogP contribution in [0.5, 0.6) is 17.5 Å². The van der Waals surface area contributed by atoms with Gasteiger partial charge in [-0.2, -0.15) is 4.98 Å². The number of nitrogen functional groups attached to an aromatic ring is 1. The van der Waals surface area contributed by atoms with Crippen LogP contribution in [0, 0.1) is 13.8 Å². The first-order valence-electron chi connectivity index (χ1n) is 6.35. The zero-order valence-electron chi connectivity index (χ0n) is 11.7. The number of anilines is 1. The summed E-state index contributed by atoms with van der Waals surface area (Å²) in [5.41, 5.74) is 8.51. The molecule has 0 saturated heterocycles. The highest BCUT2D eigenvalue weighted by molar-refractivity contribution is 9.10. The number of rotatable bonds is 4. The van der Waals surface area contributed by atoms with Gasteiger partial charge in [-0.25, -0.2) is 0 Å². The average Bonchev–Trinajstić information content (AvgIpc) is 2.40. The number of aryl methyl sites for hydroxylation is 2. The van der Waals surface area contributed by atoms with Crippen LogP contribution >= 0.6 is 15.9 Å². The van der Waals surface area contributed by atoms with E-state index in [2.05, 4.69) is 20.9 Å². The van der Waals surface area contributed by atoms with Crippen LogP contribution in [0.15, 0.2) is 28.7 Å². The van der Waals surface area contributed by atoms with Gasteiger partial charge in [0.25, 0.3) is 0 Å². The number of nitrogens with zero attached hydrogens (tertiary/aromatic N) is 1. The molecule has 0 radical (unpaired) electrons. The highest BCUT2D eigenvalue weighted by Crippen LogP contribution is 2.30. The summed E-state index contributed by atoms with van der Waals surface area (Å²) in [6.07, 6.45) is 0. The number of aromatic nitrogens is 1. The number of hydrogen-bond acceptors (Lipinski definition) is 4. The molecule has 0 aliphatic rings. The highest BCUT2D eigenvalue weighted by Gasteiger charge is 2.08. The Bertz CT molecular complexity index is 606. The maximum atomic E-state index is 5.79. The molecule has 0 amide bonds. The molecule has 0 saturated carbocycles. The fraction of sp³-hybridized carbons (Fsp3) is 0.267. The normalized spacial score (nSPS) is 10.4. The third-order valence-corrected chi connectivity index (χ3v) is 4.03. The topological polar surface area (TPSA) is 57.4 Å². The molecule has 20 heavy (non-hydrogen) atoms. The molecule has 1 heterocycles. The van der Waals surface area contributed by atoms with Crippen LogP contribution in [0.2, 0.25) is 0 Å². The standard InChI is InChI=1S/C15H17BrN2O2/c1-4-19-15-12(17)5-6-13(18-15)20-11-7-9(2)14(16)10(3)8-11/h5-8H,4,17H2,1-3H3. The Hall–Kier alpha value is -1.75. The lowest BCUT2D eigenvalue weighted by atomic mass is 10.1. The summed E-state index contributed by atoms with van der Waals surface area (Å²) < 4.78 is 12.2. The Labute approximate surface area is 127 Å². The third kappa shape index (κ3) is 3.22. The maximum Gasteiger partial charge on any atom is 0.240 e. The summed E-state index contributed by atoms with van der Waals surface area (Å²) in [6, 6.07) is 7.36. The van der Waals surface area contributed by atoms with Gasteiger partial charge >= 0.3 is 0 Å². The summed E-state index contributed by atoms with van der Waals surface area (Å²) in [5, 5.41) is 0. The Kier molecular flexibility index (Phi) is 4.49. The van der Waals surface area contributed by atoms with Crippen molar-refractivity contribution in [2.45, 2.75) is 20.8 Å². The van der Waals surface area contributed by atoms with Gasteiger partial charge in [0, 0.05) is 10.5 Å². The molecule has 2 aromatic rings. The molecular weight excluding hydrogens is 320 g/mol. The minimum absolute atomic E-state index is 0.399. The lowest BCUT2D eigenvalue weighted by Gasteiger charge is -2.11. The van der Waals surface area contributed by atoms with Crippen LogP contribution in [0.4, 0.5) is 5.69 Å². The van der Waals surface area contributed by atoms with Crippen molar-refractivity contribution in [1.29, 1.82) is 0 Å². The Morgan fingerprint density at radius 3 is 2.45 bits per heavy atom. The summed E-state index contributed by atoms with van der Waals surface area (Å²) in [5.74, 6) is 1.60. The number of hydrogen-bond donors (Lipinski definition) is 1.